The molecule has 110 valence electrons. The highest BCUT2D eigenvalue weighted by molar-refractivity contribution is 8.00. The number of carbonyl (C=O) groups excluding carboxylic acids is 1. The van der Waals surface area contributed by atoms with Crippen molar-refractivity contribution < 1.29 is 19.4 Å². The van der Waals surface area contributed by atoms with Gasteiger partial charge in [0.15, 0.2) is 0 Å². The van der Waals surface area contributed by atoms with Crippen molar-refractivity contribution in [3.8, 4) is 0 Å². The Morgan fingerprint density at radius 2 is 2.55 bits per heavy atom. The number of hydrogen-bond acceptors (Lipinski definition) is 7. The van der Waals surface area contributed by atoms with Crippen LogP contribution in [-0.2, 0) is 14.3 Å². The van der Waals surface area contributed by atoms with Crippen molar-refractivity contribution in [1.82, 2.24) is 9.55 Å². The van der Waals surface area contributed by atoms with Gasteiger partial charge in [-0.2, -0.15) is 4.98 Å². The number of ether oxygens (including phenoxy) is 2. The van der Waals surface area contributed by atoms with Gasteiger partial charge in [0.2, 0.25) is 5.91 Å². The minimum absolute atomic E-state index is 0.213. The standard InChI is InChI=1S/C11H15N3O5S/c1-7(16)12-8-2-3-14(11(17)13-8)9-5-20-10(19-9)4-18-6-15/h2-3,9-10,15H,4-6H2,1H3,(H,12,13,16,17)/t9-,10+/m1/s1. The smallest absolute Gasteiger partial charge is 0.351 e. The van der Waals surface area contributed by atoms with E-state index in [2.05, 4.69) is 10.3 Å². The zero-order valence-corrected chi connectivity index (χ0v) is 11.6. The molecule has 0 unspecified atom stereocenters. The first kappa shape index (κ1) is 15.0. The second-order valence-electron chi connectivity index (χ2n) is 4.04. The zero-order valence-electron chi connectivity index (χ0n) is 10.8. The van der Waals surface area contributed by atoms with Gasteiger partial charge in [-0.3, -0.25) is 9.36 Å². The molecule has 20 heavy (non-hydrogen) atoms. The molecule has 2 N–H and O–H groups in total. The number of nitrogens with one attached hydrogen (secondary N) is 1. The lowest BCUT2D eigenvalue weighted by Crippen LogP contribution is -2.29. The molecule has 0 radical (unpaired) electrons. The monoisotopic (exact) mass is 301 g/mol. The van der Waals surface area contributed by atoms with Crippen molar-refractivity contribution in [1.29, 1.82) is 0 Å². The van der Waals surface area contributed by atoms with E-state index in [1.54, 1.807) is 0 Å². The van der Waals surface area contributed by atoms with Crippen molar-refractivity contribution in [2.45, 2.75) is 18.6 Å². The molecular formula is C11H15N3O5S. The lowest BCUT2D eigenvalue weighted by Gasteiger charge is -2.14. The van der Waals surface area contributed by atoms with E-state index in [-0.39, 0.29) is 30.6 Å². The molecule has 0 bridgehead atoms. The Morgan fingerprint density at radius 1 is 1.75 bits per heavy atom. The molecule has 1 aliphatic heterocycles. The van der Waals surface area contributed by atoms with Crippen LogP contribution in [0.4, 0.5) is 5.82 Å². The van der Waals surface area contributed by atoms with Crippen LogP contribution in [-0.4, -0.2) is 45.2 Å². The Balaban J connectivity index is 2.03. The summed E-state index contributed by atoms with van der Waals surface area (Å²) in [4.78, 5) is 26.5. The molecule has 1 aromatic heterocycles. The van der Waals surface area contributed by atoms with Crippen LogP contribution < -0.4 is 11.0 Å². The number of aliphatic hydroxyl groups excluding tert-OH is 1. The third kappa shape index (κ3) is 3.79. The van der Waals surface area contributed by atoms with E-state index in [9.17, 15) is 9.59 Å². The topological polar surface area (TPSA) is 103 Å². The number of nitrogens with zero attached hydrogens (tertiary/aromatic N) is 2. The molecule has 1 amide bonds. The number of amides is 1. The molecule has 0 saturated carbocycles. The summed E-state index contributed by atoms with van der Waals surface area (Å²) in [6, 6.07) is 1.54. The Labute approximate surface area is 119 Å². The number of rotatable bonds is 5. The van der Waals surface area contributed by atoms with Crippen molar-refractivity contribution in [2.24, 2.45) is 0 Å². The fraction of sp³-hybridized carbons (Fsp3) is 0.545. The van der Waals surface area contributed by atoms with Gasteiger partial charge in [-0.05, 0) is 6.07 Å². The first-order valence-corrected chi connectivity index (χ1v) is 6.97. The van der Waals surface area contributed by atoms with Crippen LogP contribution in [0, 0.1) is 0 Å². The Kier molecular flexibility index (Phi) is 5.12. The van der Waals surface area contributed by atoms with Gasteiger partial charge < -0.3 is 19.9 Å². The molecule has 0 spiro atoms. The van der Waals surface area contributed by atoms with Gasteiger partial charge >= 0.3 is 5.69 Å². The minimum atomic E-state index is -0.495. The molecule has 1 aliphatic rings. The minimum Gasteiger partial charge on any atom is -0.371 e. The van der Waals surface area contributed by atoms with Gasteiger partial charge in [-0.25, -0.2) is 4.79 Å². The van der Waals surface area contributed by atoms with Crippen LogP contribution in [0.3, 0.4) is 0 Å². The van der Waals surface area contributed by atoms with Crippen molar-refractivity contribution in [3.63, 3.8) is 0 Å². The van der Waals surface area contributed by atoms with Gasteiger partial charge in [0.1, 0.15) is 24.3 Å². The summed E-state index contributed by atoms with van der Waals surface area (Å²) in [6.45, 7) is 1.23. The largest absolute Gasteiger partial charge is 0.371 e. The van der Waals surface area contributed by atoms with E-state index in [0.717, 1.165) is 0 Å². The van der Waals surface area contributed by atoms with Crippen molar-refractivity contribution in [2.75, 3.05) is 24.5 Å². The summed E-state index contributed by atoms with van der Waals surface area (Å²) >= 11 is 1.49. The predicted molar refractivity (Wildman–Crippen MR) is 72.2 cm³/mol. The van der Waals surface area contributed by atoms with Gasteiger partial charge in [0, 0.05) is 18.9 Å². The summed E-state index contributed by atoms with van der Waals surface area (Å²) < 4.78 is 11.8. The summed E-state index contributed by atoms with van der Waals surface area (Å²) in [5, 5.41) is 11.0. The van der Waals surface area contributed by atoms with E-state index >= 15 is 0 Å². The number of thioether (sulfide) groups is 1. The second-order valence-corrected chi connectivity index (χ2v) is 5.23. The molecule has 0 aliphatic carbocycles. The van der Waals surface area contributed by atoms with Crippen molar-refractivity contribution in [3.05, 3.63) is 22.7 Å². The SMILES string of the molecule is CC(=O)Nc1ccn([C@H]2CS[C@@H](COCO)O2)c(=O)n1. The molecule has 1 fully saturated rings. The van der Waals surface area contributed by atoms with E-state index in [0.29, 0.717) is 5.75 Å². The van der Waals surface area contributed by atoms with Crippen LogP contribution in [0.15, 0.2) is 17.1 Å². The maximum absolute atomic E-state index is 11.9. The molecule has 8 nitrogen and oxygen atoms in total. The summed E-state index contributed by atoms with van der Waals surface area (Å²) in [6.07, 6.45) is 1.10. The number of aromatic nitrogens is 2. The fourth-order valence-corrected chi connectivity index (χ4v) is 2.73. The van der Waals surface area contributed by atoms with Crippen LogP contribution in [0.25, 0.3) is 0 Å². The highest BCUT2D eigenvalue weighted by Gasteiger charge is 2.28. The summed E-state index contributed by atoms with van der Waals surface area (Å²) in [5.41, 5.74) is -0.723. The average molecular weight is 301 g/mol. The molecule has 2 rings (SSSR count). The number of anilines is 1. The first-order chi connectivity index (χ1) is 9.60. The van der Waals surface area contributed by atoms with Crippen LogP contribution in [0.5, 0.6) is 0 Å². The molecule has 1 aromatic rings. The maximum Gasteiger partial charge on any atom is 0.351 e. The van der Waals surface area contributed by atoms with Gasteiger partial charge in [-0.1, -0.05) is 0 Å². The predicted octanol–water partition coefficient (Wildman–Crippen LogP) is -0.244. The fourth-order valence-electron chi connectivity index (χ4n) is 1.71. The Hall–Kier alpha value is -1.42. The highest BCUT2D eigenvalue weighted by atomic mass is 32.2. The van der Waals surface area contributed by atoms with Gasteiger partial charge in [-0.15, -0.1) is 11.8 Å². The Bertz CT molecular complexity index is 535. The molecule has 0 aromatic carbocycles. The van der Waals surface area contributed by atoms with Crippen LogP contribution in [0.2, 0.25) is 0 Å². The van der Waals surface area contributed by atoms with E-state index in [1.807, 2.05) is 0 Å². The highest BCUT2D eigenvalue weighted by Crippen LogP contribution is 2.30. The normalized spacial score (nSPS) is 21.9. The maximum atomic E-state index is 11.9. The van der Waals surface area contributed by atoms with Crippen LogP contribution in [0.1, 0.15) is 13.2 Å². The summed E-state index contributed by atoms with van der Waals surface area (Å²) in [7, 11) is 0. The molecular weight excluding hydrogens is 286 g/mol. The van der Waals surface area contributed by atoms with E-state index in [1.165, 1.54) is 35.5 Å². The zero-order chi connectivity index (χ0) is 14.5. The van der Waals surface area contributed by atoms with Crippen molar-refractivity contribution >= 4 is 23.5 Å². The molecule has 1 saturated heterocycles. The Morgan fingerprint density at radius 3 is 3.20 bits per heavy atom. The van der Waals surface area contributed by atoms with Gasteiger partial charge in [0.25, 0.3) is 0 Å². The number of carbonyl (C=O) groups is 1. The van der Waals surface area contributed by atoms with E-state index in [4.69, 9.17) is 14.6 Å². The molecule has 2 atom stereocenters. The lowest BCUT2D eigenvalue weighted by atomic mass is 10.5. The van der Waals surface area contributed by atoms with E-state index < -0.39 is 11.9 Å². The molecule has 2 heterocycles. The molecule has 9 heteroatoms. The quantitative estimate of drug-likeness (QED) is 0.723. The number of aliphatic hydroxyl groups is 1. The lowest BCUT2D eigenvalue weighted by molar-refractivity contribution is -0.114. The summed E-state index contributed by atoms with van der Waals surface area (Å²) in [5.74, 6) is 0.508. The first-order valence-electron chi connectivity index (χ1n) is 5.92. The third-order valence-corrected chi connectivity index (χ3v) is 3.62. The average Bonchev–Trinajstić information content (AvgIpc) is 2.84. The number of hydrogen-bond donors (Lipinski definition) is 2. The third-order valence-electron chi connectivity index (χ3n) is 2.52. The van der Waals surface area contributed by atoms with Crippen LogP contribution >= 0.6 is 11.8 Å². The second kappa shape index (κ2) is 6.84. The van der Waals surface area contributed by atoms with Gasteiger partial charge in [0.05, 0.1) is 6.61 Å².